The lowest BCUT2D eigenvalue weighted by Gasteiger charge is -2.08. The summed E-state index contributed by atoms with van der Waals surface area (Å²) >= 11 is 0. The van der Waals surface area contributed by atoms with Crippen LogP contribution in [0.15, 0.2) is 67.5 Å². The highest BCUT2D eigenvalue weighted by Gasteiger charge is 2.13. The number of imidazole rings is 1. The van der Waals surface area contributed by atoms with Crippen LogP contribution in [-0.4, -0.2) is 40.6 Å². The Bertz CT molecular complexity index is 1010. The molecular weight excluding hydrogens is 332 g/mol. The number of carboxylic acids is 1. The van der Waals surface area contributed by atoms with Gasteiger partial charge in [0, 0.05) is 30.2 Å². The van der Waals surface area contributed by atoms with Crippen LogP contribution in [0, 0.1) is 0 Å². The van der Waals surface area contributed by atoms with E-state index in [0.29, 0.717) is 23.0 Å². The minimum atomic E-state index is -1.10. The van der Waals surface area contributed by atoms with Gasteiger partial charge in [-0.25, -0.2) is 24.7 Å². The van der Waals surface area contributed by atoms with Gasteiger partial charge in [-0.05, 0) is 0 Å². The number of hydrogen-bond donors (Lipinski definition) is 1. The molecule has 126 valence electrons. The molecule has 0 bridgehead atoms. The number of aromatic nitrogens is 6. The molecule has 0 aliphatic rings. The third kappa shape index (κ3) is 3.03. The Morgan fingerprint density at radius 1 is 1.00 bits per heavy atom. The summed E-state index contributed by atoms with van der Waals surface area (Å²) < 4.78 is 1.54. The molecule has 0 atom stereocenters. The molecule has 4 aromatic rings. The van der Waals surface area contributed by atoms with Crippen LogP contribution in [0.4, 0.5) is 0 Å². The molecule has 0 fully saturated rings. The largest absolute Gasteiger partial charge is 0.476 e. The molecule has 0 unspecified atom stereocenters. The molecule has 0 saturated carbocycles. The van der Waals surface area contributed by atoms with E-state index in [1.165, 1.54) is 17.1 Å². The second-order valence-electron chi connectivity index (χ2n) is 5.36. The van der Waals surface area contributed by atoms with E-state index in [2.05, 4.69) is 24.9 Å². The summed E-state index contributed by atoms with van der Waals surface area (Å²) in [6, 6.07) is 11.4. The average Bonchev–Trinajstić information content (AvgIpc) is 3.20. The lowest BCUT2D eigenvalue weighted by Crippen LogP contribution is -2.02. The Kier molecular flexibility index (Phi) is 3.91. The molecule has 0 radical (unpaired) electrons. The molecule has 8 nitrogen and oxygen atoms in total. The van der Waals surface area contributed by atoms with Gasteiger partial charge >= 0.3 is 5.97 Å². The van der Waals surface area contributed by atoms with Gasteiger partial charge in [0.15, 0.2) is 11.5 Å². The Balaban J connectivity index is 1.89. The van der Waals surface area contributed by atoms with Crippen molar-refractivity contribution in [2.24, 2.45) is 0 Å². The fourth-order valence-corrected chi connectivity index (χ4v) is 2.41. The Morgan fingerprint density at radius 2 is 1.85 bits per heavy atom. The molecule has 3 aromatic heterocycles. The van der Waals surface area contributed by atoms with Crippen molar-refractivity contribution in [2.45, 2.75) is 0 Å². The van der Waals surface area contributed by atoms with Gasteiger partial charge in [-0.2, -0.15) is 0 Å². The molecule has 3 heterocycles. The van der Waals surface area contributed by atoms with Crippen molar-refractivity contribution >= 4 is 5.97 Å². The normalized spacial score (nSPS) is 10.6. The van der Waals surface area contributed by atoms with Gasteiger partial charge < -0.3 is 5.11 Å². The van der Waals surface area contributed by atoms with Crippen LogP contribution in [0.2, 0.25) is 0 Å². The van der Waals surface area contributed by atoms with Gasteiger partial charge in [0.25, 0.3) is 0 Å². The van der Waals surface area contributed by atoms with Crippen LogP contribution in [0.25, 0.3) is 28.6 Å². The number of benzene rings is 1. The number of aromatic carboxylic acids is 1. The zero-order chi connectivity index (χ0) is 17.9. The van der Waals surface area contributed by atoms with Gasteiger partial charge in [-0.1, -0.05) is 30.3 Å². The first-order valence-corrected chi connectivity index (χ1v) is 7.69. The maximum Gasteiger partial charge on any atom is 0.356 e. The monoisotopic (exact) mass is 344 g/mol. The first-order valence-electron chi connectivity index (χ1n) is 7.69. The van der Waals surface area contributed by atoms with Crippen molar-refractivity contribution < 1.29 is 9.90 Å². The van der Waals surface area contributed by atoms with Crippen molar-refractivity contribution in [2.75, 3.05) is 0 Å². The lowest BCUT2D eigenvalue weighted by molar-refractivity contribution is 0.0691. The molecule has 8 heteroatoms. The summed E-state index contributed by atoms with van der Waals surface area (Å²) in [5, 5.41) is 9.08. The minimum Gasteiger partial charge on any atom is -0.476 e. The molecule has 0 spiro atoms. The number of nitrogens with zero attached hydrogens (tertiary/aromatic N) is 6. The Hall–Kier alpha value is -3.94. The van der Waals surface area contributed by atoms with Crippen molar-refractivity contribution in [3.8, 4) is 28.6 Å². The van der Waals surface area contributed by atoms with E-state index < -0.39 is 5.97 Å². The molecule has 26 heavy (non-hydrogen) atoms. The van der Waals surface area contributed by atoms with E-state index in [1.807, 2.05) is 30.3 Å². The van der Waals surface area contributed by atoms with Crippen LogP contribution in [0.5, 0.6) is 0 Å². The van der Waals surface area contributed by atoms with Gasteiger partial charge in [-0.15, -0.1) is 0 Å². The van der Waals surface area contributed by atoms with Gasteiger partial charge in [-0.3, -0.25) is 9.55 Å². The SMILES string of the molecule is O=C(O)c1cn(-c2cc(-c3ccccc3)nc(-c3cnccn3)n2)cn1. The number of carbonyl (C=O) groups is 1. The topological polar surface area (TPSA) is 107 Å². The van der Waals surface area contributed by atoms with E-state index in [1.54, 1.807) is 24.7 Å². The van der Waals surface area contributed by atoms with Gasteiger partial charge in [0.2, 0.25) is 0 Å². The quantitative estimate of drug-likeness (QED) is 0.606. The number of hydrogen-bond acceptors (Lipinski definition) is 6. The van der Waals surface area contributed by atoms with E-state index in [4.69, 9.17) is 5.11 Å². The molecule has 0 saturated heterocycles. The smallest absolute Gasteiger partial charge is 0.356 e. The average molecular weight is 344 g/mol. The van der Waals surface area contributed by atoms with Crippen LogP contribution >= 0.6 is 0 Å². The highest BCUT2D eigenvalue weighted by molar-refractivity contribution is 5.85. The van der Waals surface area contributed by atoms with Crippen molar-refractivity contribution in [1.29, 1.82) is 0 Å². The van der Waals surface area contributed by atoms with E-state index in [0.717, 1.165) is 5.56 Å². The predicted octanol–water partition coefficient (Wildman–Crippen LogP) is 2.48. The summed E-state index contributed by atoms with van der Waals surface area (Å²) in [6.45, 7) is 0. The van der Waals surface area contributed by atoms with Crippen LogP contribution in [0.1, 0.15) is 10.5 Å². The van der Waals surface area contributed by atoms with E-state index in [-0.39, 0.29) is 5.69 Å². The molecular formula is C18H12N6O2. The van der Waals surface area contributed by atoms with Crippen LogP contribution in [0.3, 0.4) is 0 Å². The fourth-order valence-electron chi connectivity index (χ4n) is 2.41. The first-order chi connectivity index (χ1) is 12.7. The van der Waals surface area contributed by atoms with E-state index >= 15 is 0 Å². The summed E-state index contributed by atoms with van der Waals surface area (Å²) in [4.78, 5) is 32.3. The fraction of sp³-hybridized carbons (Fsp3) is 0. The van der Waals surface area contributed by atoms with Crippen molar-refractivity contribution in [3.05, 3.63) is 73.2 Å². The second-order valence-corrected chi connectivity index (χ2v) is 5.36. The lowest BCUT2D eigenvalue weighted by atomic mass is 10.1. The first kappa shape index (κ1) is 15.6. The second kappa shape index (κ2) is 6.52. The zero-order valence-corrected chi connectivity index (χ0v) is 13.4. The maximum atomic E-state index is 11.1. The van der Waals surface area contributed by atoms with Crippen molar-refractivity contribution in [3.63, 3.8) is 0 Å². The molecule has 0 aliphatic carbocycles. The zero-order valence-electron chi connectivity index (χ0n) is 13.4. The number of carboxylic acid groups (broad SMARTS) is 1. The Morgan fingerprint density at radius 3 is 2.54 bits per heavy atom. The van der Waals surface area contributed by atoms with Gasteiger partial charge in [0.05, 0.1) is 11.9 Å². The maximum absolute atomic E-state index is 11.1. The summed E-state index contributed by atoms with van der Waals surface area (Å²) in [7, 11) is 0. The molecule has 4 rings (SSSR count). The van der Waals surface area contributed by atoms with E-state index in [9.17, 15) is 4.79 Å². The summed E-state index contributed by atoms with van der Waals surface area (Å²) in [6.07, 6.45) is 7.51. The van der Waals surface area contributed by atoms with Crippen molar-refractivity contribution in [1.82, 2.24) is 29.5 Å². The standard InChI is InChI=1S/C18H12N6O2/c25-18(26)15-10-24(11-21-15)16-8-13(12-4-2-1-3-5-12)22-17(23-16)14-9-19-6-7-20-14/h1-11H,(H,25,26). The number of rotatable bonds is 4. The van der Waals surface area contributed by atoms with Gasteiger partial charge in [0.1, 0.15) is 17.8 Å². The molecule has 0 aliphatic heterocycles. The summed E-state index contributed by atoms with van der Waals surface area (Å²) in [5.41, 5.74) is 2.04. The Labute approximate surface area is 147 Å². The minimum absolute atomic E-state index is 0.0640. The highest BCUT2D eigenvalue weighted by atomic mass is 16.4. The summed E-state index contributed by atoms with van der Waals surface area (Å²) in [5.74, 6) is -0.227. The molecule has 0 amide bonds. The molecule has 1 aromatic carbocycles. The molecule has 1 N–H and O–H groups in total. The predicted molar refractivity (Wildman–Crippen MR) is 92.6 cm³/mol. The highest BCUT2D eigenvalue weighted by Crippen LogP contribution is 2.22. The third-order valence-electron chi connectivity index (χ3n) is 3.64. The van der Waals surface area contributed by atoms with Crippen LogP contribution < -0.4 is 0 Å². The van der Waals surface area contributed by atoms with Crippen LogP contribution in [-0.2, 0) is 0 Å². The third-order valence-corrected chi connectivity index (χ3v) is 3.64.